The lowest BCUT2D eigenvalue weighted by molar-refractivity contribution is -0.142. The van der Waals surface area contributed by atoms with Crippen molar-refractivity contribution in [1.82, 2.24) is 4.90 Å². The number of hydrogen-bond acceptors (Lipinski definition) is 4. The molecule has 5 rings (SSSR count). The molecule has 164 valence electrons. The summed E-state index contributed by atoms with van der Waals surface area (Å²) in [5, 5.41) is 0.542. The van der Waals surface area contributed by atoms with Crippen LogP contribution in [-0.4, -0.2) is 40.6 Å². The highest BCUT2D eigenvalue weighted by Gasteiger charge is 2.64. The number of para-hydroxylation sites is 1. The number of ketones is 1. The third-order valence-electron chi connectivity index (χ3n) is 7.22. The number of rotatable bonds is 4. The molecule has 0 aromatic heterocycles. The molecule has 3 aliphatic rings. The van der Waals surface area contributed by atoms with Gasteiger partial charge in [-0.2, -0.15) is 0 Å². The van der Waals surface area contributed by atoms with Gasteiger partial charge in [0.15, 0.2) is 5.78 Å². The fraction of sp³-hybridized carbons (Fsp3) is 0.346. The average Bonchev–Trinajstić information content (AvgIpc) is 3.26. The van der Waals surface area contributed by atoms with Crippen LogP contribution in [0.2, 0.25) is 5.02 Å². The molecule has 2 saturated heterocycles. The Morgan fingerprint density at radius 2 is 1.69 bits per heavy atom. The zero-order valence-electron chi connectivity index (χ0n) is 18.3. The minimum Gasteiger partial charge on any atom is -0.352 e. The molecule has 0 unspecified atom stereocenters. The number of halogens is 1. The number of allylic oxidation sites excluding steroid dienone is 1. The number of fused-ring (bicyclic) bond motifs is 5. The van der Waals surface area contributed by atoms with E-state index in [4.69, 9.17) is 11.6 Å². The number of nitrogens with zero attached hydrogens (tertiary/aromatic N) is 2. The Morgan fingerprint density at radius 1 is 1.03 bits per heavy atom. The summed E-state index contributed by atoms with van der Waals surface area (Å²) >= 11 is 6.04. The predicted molar refractivity (Wildman–Crippen MR) is 125 cm³/mol. The van der Waals surface area contributed by atoms with Crippen molar-refractivity contribution >= 4 is 40.5 Å². The van der Waals surface area contributed by atoms with Gasteiger partial charge in [-0.3, -0.25) is 19.3 Å². The topological polar surface area (TPSA) is 57.7 Å². The summed E-state index contributed by atoms with van der Waals surface area (Å²) < 4.78 is 0. The number of likely N-dealkylation sites (tertiary alicyclic amines) is 1. The van der Waals surface area contributed by atoms with Crippen molar-refractivity contribution in [2.24, 2.45) is 11.8 Å². The molecule has 2 aromatic carbocycles. The second kappa shape index (κ2) is 7.59. The molecule has 0 N–H and O–H groups in total. The number of hydrogen-bond donors (Lipinski definition) is 0. The van der Waals surface area contributed by atoms with Gasteiger partial charge in [0.25, 0.3) is 0 Å². The molecule has 2 fully saturated rings. The van der Waals surface area contributed by atoms with Gasteiger partial charge in [-0.25, -0.2) is 0 Å². The van der Waals surface area contributed by atoms with Crippen molar-refractivity contribution in [1.29, 1.82) is 0 Å². The van der Waals surface area contributed by atoms with Gasteiger partial charge in [0.2, 0.25) is 11.8 Å². The first-order chi connectivity index (χ1) is 15.3. The van der Waals surface area contributed by atoms with Gasteiger partial charge in [0.05, 0.1) is 17.9 Å². The normalized spacial score (nSPS) is 27.1. The summed E-state index contributed by atoms with van der Waals surface area (Å²) in [5.41, 5.74) is 3.47. The molecule has 5 nitrogen and oxygen atoms in total. The van der Waals surface area contributed by atoms with Gasteiger partial charge in [-0.1, -0.05) is 42.8 Å². The minimum absolute atomic E-state index is 0.158. The summed E-state index contributed by atoms with van der Waals surface area (Å²) in [4.78, 5) is 44.4. The highest BCUT2D eigenvalue weighted by Crippen LogP contribution is 2.50. The maximum absolute atomic E-state index is 13.9. The maximum atomic E-state index is 13.9. The largest absolute Gasteiger partial charge is 0.352 e. The van der Waals surface area contributed by atoms with Crippen LogP contribution in [0, 0.1) is 11.8 Å². The van der Waals surface area contributed by atoms with Crippen LogP contribution in [0.5, 0.6) is 0 Å². The first-order valence-electron chi connectivity index (χ1n) is 11.1. The van der Waals surface area contributed by atoms with E-state index in [9.17, 15) is 14.4 Å². The molecule has 6 heteroatoms. The second-order valence-corrected chi connectivity index (χ2v) is 9.37. The van der Waals surface area contributed by atoms with Crippen LogP contribution in [0.15, 0.2) is 54.6 Å². The van der Waals surface area contributed by atoms with Crippen LogP contribution in [0.3, 0.4) is 0 Å². The van der Waals surface area contributed by atoms with Crippen LogP contribution in [0.25, 0.3) is 5.57 Å². The lowest BCUT2D eigenvalue weighted by Gasteiger charge is -2.38. The molecule has 5 atom stereocenters. The Kier molecular flexibility index (Phi) is 4.97. The molecule has 32 heavy (non-hydrogen) atoms. The monoisotopic (exact) mass is 448 g/mol. The highest BCUT2D eigenvalue weighted by atomic mass is 35.5. The molecular formula is C26H25ClN2O3. The van der Waals surface area contributed by atoms with E-state index >= 15 is 0 Å². The quantitative estimate of drug-likeness (QED) is 0.506. The van der Waals surface area contributed by atoms with E-state index in [1.54, 1.807) is 24.3 Å². The second-order valence-electron chi connectivity index (χ2n) is 8.94. The number of carbonyl (C=O) groups excluding carboxylic acids is 3. The highest BCUT2D eigenvalue weighted by molar-refractivity contribution is 6.30. The lowest BCUT2D eigenvalue weighted by atomic mass is 9.85. The van der Waals surface area contributed by atoms with Crippen molar-refractivity contribution in [3.8, 4) is 0 Å². The molecular weight excluding hydrogens is 424 g/mol. The van der Waals surface area contributed by atoms with E-state index < -0.39 is 17.9 Å². The van der Waals surface area contributed by atoms with Crippen LogP contribution < -0.4 is 4.90 Å². The molecule has 2 amide bonds. The van der Waals surface area contributed by atoms with Crippen molar-refractivity contribution in [3.05, 3.63) is 70.8 Å². The fourth-order valence-corrected chi connectivity index (χ4v) is 5.65. The molecule has 3 heterocycles. The van der Waals surface area contributed by atoms with Gasteiger partial charge < -0.3 is 4.90 Å². The van der Waals surface area contributed by atoms with Gasteiger partial charge >= 0.3 is 0 Å². The minimum atomic E-state index is -0.748. The van der Waals surface area contributed by atoms with Crippen molar-refractivity contribution in [2.75, 3.05) is 4.90 Å². The predicted octanol–water partition coefficient (Wildman–Crippen LogP) is 4.60. The summed E-state index contributed by atoms with van der Waals surface area (Å²) in [7, 11) is 0. The first-order valence-corrected chi connectivity index (χ1v) is 11.5. The van der Waals surface area contributed by atoms with E-state index in [1.165, 1.54) is 4.90 Å². The van der Waals surface area contributed by atoms with Crippen molar-refractivity contribution in [3.63, 3.8) is 0 Å². The van der Waals surface area contributed by atoms with Gasteiger partial charge in [0, 0.05) is 27.9 Å². The van der Waals surface area contributed by atoms with Crippen LogP contribution in [-0.2, 0) is 9.59 Å². The zero-order valence-corrected chi connectivity index (χ0v) is 19.0. The Labute approximate surface area is 192 Å². The van der Waals surface area contributed by atoms with Gasteiger partial charge in [-0.15, -0.1) is 0 Å². The molecule has 3 aliphatic heterocycles. The summed E-state index contributed by atoms with van der Waals surface area (Å²) in [6.07, 6.45) is 2.74. The number of carbonyl (C=O) groups is 3. The van der Waals surface area contributed by atoms with E-state index in [-0.39, 0.29) is 29.7 Å². The lowest BCUT2D eigenvalue weighted by Crippen LogP contribution is -2.50. The number of imide groups is 1. The van der Waals surface area contributed by atoms with E-state index in [0.717, 1.165) is 16.8 Å². The molecule has 0 radical (unpaired) electrons. The van der Waals surface area contributed by atoms with E-state index in [1.807, 2.05) is 49.9 Å². The van der Waals surface area contributed by atoms with Crippen molar-refractivity contribution in [2.45, 2.75) is 45.3 Å². The van der Waals surface area contributed by atoms with Crippen molar-refractivity contribution < 1.29 is 14.4 Å². The molecule has 0 spiro atoms. The summed E-state index contributed by atoms with van der Waals surface area (Å²) in [6, 6.07) is 13.4. The van der Waals surface area contributed by atoms with Crippen LogP contribution in [0.4, 0.5) is 5.69 Å². The van der Waals surface area contributed by atoms with Crippen LogP contribution >= 0.6 is 11.6 Å². The molecule has 0 bridgehead atoms. The smallest absolute Gasteiger partial charge is 0.236 e. The van der Waals surface area contributed by atoms with E-state index in [0.29, 0.717) is 17.0 Å². The number of anilines is 1. The third-order valence-corrected chi connectivity index (χ3v) is 7.47. The summed E-state index contributed by atoms with van der Waals surface area (Å²) in [6.45, 7) is 5.87. The third kappa shape index (κ3) is 2.87. The molecule has 0 saturated carbocycles. The van der Waals surface area contributed by atoms with E-state index in [2.05, 4.69) is 6.08 Å². The number of Topliss-reactive ketones (excluding diaryl/α,β-unsaturated/α-hetero) is 1. The number of amides is 2. The molecule has 0 aliphatic carbocycles. The number of benzene rings is 2. The van der Waals surface area contributed by atoms with Gasteiger partial charge in [0.1, 0.15) is 6.04 Å². The first kappa shape index (κ1) is 21.0. The Bertz CT molecular complexity index is 1160. The summed E-state index contributed by atoms with van der Waals surface area (Å²) in [5.74, 6) is -1.84. The zero-order chi connectivity index (χ0) is 22.7. The average molecular weight is 449 g/mol. The Hall–Kier alpha value is -2.92. The Morgan fingerprint density at radius 3 is 2.38 bits per heavy atom. The Balaban J connectivity index is 1.68. The maximum Gasteiger partial charge on any atom is 0.236 e. The van der Waals surface area contributed by atoms with Crippen LogP contribution in [0.1, 0.15) is 43.1 Å². The fourth-order valence-electron chi connectivity index (χ4n) is 5.52. The molecule has 2 aromatic rings. The SMILES string of the molecule is CC[C@H](C)N1C(=O)[C@@H]2[C@H](C1=O)[C@@H](C(=O)c1ccc(Cl)cc1)N1c3ccccc3C(C)=C[C@H]21. The standard InChI is InChI=1S/C26H25ClN2O3/c1-4-15(3)28-25(31)21-20-13-14(2)18-7-5-6-8-19(18)29(20)23(22(21)26(28)32)24(30)16-9-11-17(27)12-10-16/h5-13,15,20-23H,4H2,1-3H3/t15-,20+,21-,22-,23-/m0/s1. The van der Waals surface area contributed by atoms with Gasteiger partial charge in [-0.05, 0) is 56.2 Å².